The van der Waals surface area contributed by atoms with Crippen LogP contribution in [-0.2, 0) is 4.79 Å². The standard InChI is InChI=1S/C18H35O/c1-3-4-5-6-7-8-9-10-11-12-13-14-15-16-17-18(2)19/h2-17H2,1H3. The van der Waals surface area contributed by atoms with Gasteiger partial charge in [-0.15, -0.1) is 0 Å². The van der Waals surface area contributed by atoms with Gasteiger partial charge < -0.3 is 0 Å². The van der Waals surface area contributed by atoms with Gasteiger partial charge in [0, 0.05) is 13.3 Å². The first kappa shape index (κ1) is 18.7. The predicted molar refractivity (Wildman–Crippen MR) is 85.3 cm³/mol. The summed E-state index contributed by atoms with van der Waals surface area (Å²) in [7, 11) is 0. The molecule has 0 aromatic heterocycles. The summed E-state index contributed by atoms with van der Waals surface area (Å²) in [6.45, 7) is 5.67. The molecule has 0 N–H and O–H groups in total. The van der Waals surface area contributed by atoms with E-state index in [0.717, 1.165) is 6.42 Å². The summed E-state index contributed by atoms with van der Waals surface area (Å²) in [5.74, 6) is 0.0962. The molecule has 19 heavy (non-hydrogen) atoms. The average molecular weight is 267 g/mol. The number of hydrogen-bond acceptors (Lipinski definition) is 1. The average Bonchev–Trinajstić information content (AvgIpc) is 2.39. The Morgan fingerprint density at radius 1 is 0.632 bits per heavy atom. The summed E-state index contributed by atoms with van der Waals surface area (Å²) in [5.41, 5.74) is 0. The van der Waals surface area contributed by atoms with Crippen LogP contribution < -0.4 is 0 Å². The molecule has 0 bridgehead atoms. The minimum absolute atomic E-state index is 0.0962. The van der Waals surface area contributed by atoms with Crippen LogP contribution in [0.4, 0.5) is 0 Å². The number of carbonyl (C=O) groups is 1. The van der Waals surface area contributed by atoms with Gasteiger partial charge in [-0.25, -0.2) is 0 Å². The molecule has 113 valence electrons. The minimum atomic E-state index is 0.0962. The molecule has 0 rings (SSSR count). The second-order valence-corrected chi connectivity index (χ2v) is 5.88. The van der Waals surface area contributed by atoms with Crippen LogP contribution in [0, 0.1) is 6.92 Å². The minimum Gasteiger partial charge on any atom is -0.300 e. The zero-order valence-electron chi connectivity index (χ0n) is 13.2. The molecule has 0 fully saturated rings. The number of ketones is 1. The molecule has 0 aromatic rings. The van der Waals surface area contributed by atoms with Crippen molar-refractivity contribution in [3.63, 3.8) is 0 Å². The Balaban J connectivity index is 2.93. The van der Waals surface area contributed by atoms with Crippen molar-refractivity contribution in [1.82, 2.24) is 0 Å². The lowest BCUT2D eigenvalue weighted by Gasteiger charge is -2.02. The fraction of sp³-hybridized carbons (Fsp3) is 0.889. The smallest absolute Gasteiger partial charge is 0.133 e. The van der Waals surface area contributed by atoms with Crippen LogP contribution in [-0.4, -0.2) is 5.78 Å². The topological polar surface area (TPSA) is 17.1 Å². The van der Waals surface area contributed by atoms with E-state index < -0.39 is 0 Å². The molecular formula is C18H35O. The molecular weight excluding hydrogens is 232 g/mol. The van der Waals surface area contributed by atoms with Gasteiger partial charge in [-0.3, -0.25) is 4.79 Å². The third kappa shape index (κ3) is 17.7. The Bertz CT molecular complexity index is 186. The third-order valence-electron chi connectivity index (χ3n) is 3.81. The lowest BCUT2D eigenvalue weighted by Crippen LogP contribution is -1.89. The molecule has 0 saturated carbocycles. The summed E-state index contributed by atoms with van der Waals surface area (Å²) < 4.78 is 0. The molecule has 0 heterocycles. The first-order valence-electron chi connectivity index (χ1n) is 8.62. The van der Waals surface area contributed by atoms with Gasteiger partial charge in [0.05, 0.1) is 0 Å². The fourth-order valence-corrected chi connectivity index (χ4v) is 2.52. The second kappa shape index (κ2) is 15.7. The van der Waals surface area contributed by atoms with Gasteiger partial charge in [-0.1, -0.05) is 90.4 Å². The van der Waals surface area contributed by atoms with E-state index in [1.54, 1.807) is 0 Å². The van der Waals surface area contributed by atoms with Crippen LogP contribution in [0.1, 0.15) is 103 Å². The molecule has 0 saturated heterocycles. The maximum absolute atomic E-state index is 10.7. The molecule has 0 atom stereocenters. The van der Waals surface area contributed by atoms with Gasteiger partial charge in [0.2, 0.25) is 0 Å². The van der Waals surface area contributed by atoms with E-state index in [1.165, 1.54) is 83.5 Å². The first-order chi connectivity index (χ1) is 9.27. The van der Waals surface area contributed by atoms with Gasteiger partial charge in [0.15, 0.2) is 0 Å². The summed E-state index contributed by atoms with van der Waals surface area (Å²) in [6.07, 6.45) is 19.7. The highest BCUT2D eigenvalue weighted by Crippen LogP contribution is 2.13. The Kier molecular flexibility index (Phi) is 15.5. The number of unbranched alkanes of at least 4 members (excludes halogenated alkanes) is 13. The van der Waals surface area contributed by atoms with Crippen molar-refractivity contribution in [1.29, 1.82) is 0 Å². The van der Waals surface area contributed by atoms with Crippen molar-refractivity contribution in [3.05, 3.63) is 6.92 Å². The number of carbonyl (C=O) groups excluding carboxylic acids is 1. The van der Waals surface area contributed by atoms with Crippen molar-refractivity contribution in [2.24, 2.45) is 0 Å². The van der Waals surface area contributed by atoms with Crippen molar-refractivity contribution < 1.29 is 4.79 Å². The van der Waals surface area contributed by atoms with Crippen LogP contribution in [0.5, 0.6) is 0 Å². The zero-order valence-corrected chi connectivity index (χ0v) is 13.2. The molecule has 0 amide bonds. The van der Waals surface area contributed by atoms with Gasteiger partial charge >= 0.3 is 0 Å². The monoisotopic (exact) mass is 267 g/mol. The van der Waals surface area contributed by atoms with Crippen LogP contribution in [0.25, 0.3) is 0 Å². The summed E-state index contributed by atoms with van der Waals surface area (Å²) in [5, 5.41) is 0. The molecule has 0 spiro atoms. The molecule has 1 radical (unpaired) electrons. The van der Waals surface area contributed by atoms with Gasteiger partial charge in [0.25, 0.3) is 0 Å². The third-order valence-corrected chi connectivity index (χ3v) is 3.81. The van der Waals surface area contributed by atoms with E-state index in [-0.39, 0.29) is 5.78 Å². The van der Waals surface area contributed by atoms with Gasteiger partial charge in [0.1, 0.15) is 5.78 Å². The lowest BCUT2D eigenvalue weighted by atomic mass is 10.0. The van der Waals surface area contributed by atoms with E-state index in [0.29, 0.717) is 6.42 Å². The molecule has 1 nitrogen and oxygen atoms in total. The van der Waals surface area contributed by atoms with Crippen molar-refractivity contribution in [2.75, 3.05) is 0 Å². The fourth-order valence-electron chi connectivity index (χ4n) is 2.52. The SMILES string of the molecule is [CH2]C(=O)CCCCCCCCCCCCCCCC. The van der Waals surface area contributed by atoms with E-state index in [1.807, 2.05) is 0 Å². The van der Waals surface area contributed by atoms with Crippen LogP contribution >= 0.6 is 0 Å². The maximum Gasteiger partial charge on any atom is 0.133 e. The highest BCUT2D eigenvalue weighted by molar-refractivity contribution is 5.82. The Morgan fingerprint density at radius 3 is 1.26 bits per heavy atom. The molecule has 0 aliphatic rings. The Hall–Kier alpha value is -0.330. The van der Waals surface area contributed by atoms with E-state index >= 15 is 0 Å². The number of hydrogen-bond donors (Lipinski definition) is 0. The van der Waals surface area contributed by atoms with Crippen LogP contribution in [0.3, 0.4) is 0 Å². The second-order valence-electron chi connectivity index (χ2n) is 5.88. The Labute approximate surface area is 121 Å². The molecule has 0 unspecified atom stereocenters. The first-order valence-corrected chi connectivity index (χ1v) is 8.62. The lowest BCUT2D eigenvalue weighted by molar-refractivity contribution is -0.114. The summed E-state index contributed by atoms with van der Waals surface area (Å²) in [6, 6.07) is 0. The quantitative estimate of drug-likeness (QED) is 0.320. The number of Topliss-reactive ketones (excluding diaryl/α,β-unsaturated/α-hetero) is 1. The van der Waals surface area contributed by atoms with E-state index in [9.17, 15) is 4.79 Å². The highest BCUT2D eigenvalue weighted by atomic mass is 16.1. The summed E-state index contributed by atoms with van der Waals surface area (Å²) >= 11 is 0. The van der Waals surface area contributed by atoms with Gasteiger partial charge in [-0.05, 0) is 6.42 Å². The molecule has 0 aromatic carbocycles. The largest absolute Gasteiger partial charge is 0.300 e. The van der Waals surface area contributed by atoms with Gasteiger partial charge in [-0.2, -0.15) is 0 Å². The number of rotatable bonds is 15. The van der Waals surface area contributed by atoms with Crippen molar-refractivity contribution in [3.8, 4) is 0 Å². The maximum atomic E-state index is 10.7. The molecule has 0 aliphatic carbocycles. The zero-order chi connectivity index (χ0) is 14.2. The Morgan fingerprint density at radius 2 is 0.947 bits per heavy atom. The summed E-state index contributed by atoms with van der Waals surface area (Å²) in [4.78, 5) is 10.7. The normalized spacial score (nSPS) is 10.8. The predicted octanol–water partition coefficient (Wildman–Crippen LogP) is 6.26. The molecule has 1 heteroatoms. The highest BCUT2D eigenvalue weighted by Gasteiger charge is 1.95. The van der Waals surface area contributed by atoms with Crippen molar-refractivity contribution >= 4 is 5.78 Å². The van der Waals surface area contributed by atoms with Crippen molar-refractivity contribution in [2.45, 2.75) is 103 Å². The van der Waals surface area contributed by atoms with Crippen LogP contribution in [0.15, 0.2) is 0 Å². The van der Waals surface area contributed by atoms with E-state index in [2.05, 4.69) is 13.8 Å². The molecule has 0 aliphatic heterocycles. The van der Waals surface area contributed by atoms with Crippen LogP contribution in [0.2, 0.25) is 0 Å². The van der Waals surface area contributed by atoms with E-state index in [4.69, 9.17) is 0 Å².